The van der Waals surface area contributed by atoms with Crippen molar-refractivity contribution in [1.29, 1.82) is 0 Å². The third kappa shape index (κ3) is 4.66. The van der Waals surface area contributed by atoms with Crippen molar-refractivity contribution < 1.29 is 31.1 Å². The van der Waals surface area contributed by atoms with E-state index in [-0.39, 0.29) is 23.2 Å². The second kappa shape index (κ2) is 8.33. The summed E-state index contributed by atoms with van der Waals surface area (Å²) in [5.74, 6) is -0.499. The molecule has 2 aliphatic heterocycles. The summed E-state index contributed by atoms with van der Waals surface area (Å²) in [5, 5.41) is 9.79. The molecule has 180 valence electrons. The molecule has 2 fully saturated rings. The van der Waals surface area contributed by atoms with Gasteiger partial charge in [-0.15, -0.1) is 0 Å². The fourth-order valence-electron chi connectivity index (χ4n) is 4.91. The van der Waals surface area contributed by atoms with Crippen molar-refractivity contribution in [3.05, 3.63) is 59.4 Å². The molecule has 0 radical (unpaired) electrons. The number of sulfonamides is 1. The van der Waals surface area contributed by atoms with Gasteiger partial charge in [-0.05, 0) is 42.5 Å². The average molecular weight is 487 g/mol. The first-order chi connectivity index (χ1) is 15.3. The van der Waals surface area contributed by atoms with E-state index < -0.39 is 27.6 Å². The zero-order valence-corrected chi connectivity index (χ0v) is 19.1. The van der Waals surface area contributed by atoms with E-state index in [0.717, 1.165) is 30.5 Å². The van der Waals surface area contributed by atoms with Crippen molar-refractivity contribution in [3.8, 4) is 11.1 Å². The Bertz CT molecular complexity index is 1120. The first-order valence-corrected chi connectivity index (χ1v) is 12.5. The number of hydrogen-bond donors (Lipinski definition) is 1. The quantitative estimate of drug-likeness (QED) is 0.652. The second-order valence-corrected chi connectivity index (χ2v) is 11.0. The fourth-order valence-corrected chi connectivity index (χ4v) is 6.34. The number of rotatable bonds is 5. The number of hydrogen-bond acceptors (Lipinski definition) is 4. The molecule has 2 aromatic carbocycles. The van der Waals surface area contributed by atoms with Crippen LogP contribution in [-0.4, -0.2) is 60.3 Å². The van der Waals surface area contributed by atoms with Gasteiger partial charge in [-0.25, -0.2) is 12.8 Å². The zero-order valence-electron chi connectivity index (χ0n) is 18.3. The Labute approximate surface area is 190 Å². The molecule has 4 rings (SSSR count). The van der Waals surface area contributed by atoms with E-state index in [1.807, 2.05) is 0 Å². The largest absolute Gasteiger partial charge is 0.421 e. The number of piperazine rings is 1. The number of likely N-dealkylation sites (tertiary alicyclic amines) is 1. The minimum Gasteiger partial charge on any atom is -0.376 e. The topological polar surface area (TPSA) is 60.9 Å². The van der Waals surface area contributed by atoms with Crippen LogP contribution in [0.3, 0.4) is 0 Å². The molecule has 0 spiro atoms. The number of benzene rings is 2. The SMILES string of the molecule is CC(O)(c1ccc(-c2ccc(CN3CC4CCC(C3)N4S(C)(=O)=O)cc2F)cc1)C(F)(F)F. The van der Waals surface area contributed by atoms with Crippen molar-refractivity contribution in [2.75, 3.05) is 19.3 Å². The lowest BCUT2D eigenvalue weighted by atomic mass is 9.93. The van der Waals surface area contributed by atoms with Crippen molar-refractivity contribution in [1.82, 2.24) is 9.21 Å². The van der Waals surface area contributed by atoms with E-state index in [1.165, 1.54) is 24.5 Å². The van der Waals surface area contributed by atoms with Gasteiger partial charge in [0.05, 0.1) is 6.26 Å². The highest BCUT2D eigenvalue weighted by Gasteiger charge is 2.51. The Morgan fingerprint density at radius 2 is 1.61 bits per heavy atom. The number of nitrogens with zero attached hydrogens (tertiary/aromatic N) is 2. The molecule has 2 aromatic rings. The Kier molecular flexibility index (Phi) is 6.09. The molecular weight excluding hydrogens is 460 g/mol. The van der Waals surface area contributed by atoms with Gasteiger partial charge in [-0.2, -0.15) is 17.5 Å². The lowest BCUT2D eigenvalue weighted by Crippen LogP contribution is -2.54. The molecule has 10 heteroatoms. The first-order valence-electron chi connectivity index (χ1n) is 10.7. The highest BCUT2D eigenvalue weighted by atomic mass is 32.2. The summed E-state index contributed by atoms with van der Waals surface area (Å²) in [6, 6.07) is 9.64. The third-order valence-electron chi connectivity index (χ3n) is 6.62. The number of fused-ring (bicyclic) bond motifs is 2. The smallest absolute Gasteiger partial charge is 0.376 e. The van der Waals surface area contributed by atoms with E-state index in [1.54, 1.807) is 16.4 Å². The van der Waals surface area contributed by atoms with Crippen LogP contribution in [0.1, 0.15) is 30.9 Å². The molecule has 2 saturated heterocycles. The van der Waals surface area contributed by atoms with Crippen LogP contribution in [0.25, 0.3) is 11.1 Å². The second-order valence-electron chi connectivity index (χ2n) is 9.13. The molecular formula is C23H26F4N2O3S. The Hall–Kier alpha value is -2.01. The van der Waals surface area contributed by atoms with Gasteiger partial charge in [0.15, 0.2) is 5.60 Å². The summed E-state index contributed by atoms with van der Waals surface area (Å²) in [7, 11) is -3.25. The summed E-state index contributed by atoms with van der Waals surface area (Å²) >= 11 is 0. The molecule has 1 N–H and O–H groups in total. The minimum absolute atomic E-state index is 0.0599. The van der Waals surface area contributed by atoms with Crippen LogP contribution in [0.2, 0.25) is 0 Å². The van der Waals surface area contributed by atoms with Gasteiger partial charge in [-0.1, -0.05) is 36.4 Å². The fraction of sp³-hybridized carbons (Fsp3) is 0.478. The molecule has 0 saturated carbocycles. The molecule has 0 amide bonds. The maximum absolute atomic E-state index is 14.9. The van der Waals surface area contributed by atoms with Gasteiger partial charge in [-0.3, -0.25) is 4.90 Å². The summed E-state index contributed by atoms with van der Waals surface area (Å²) in [6.07, 6.45) is -1.95. The van der Waals surface area contributed by atoms with Crippen LogP contribution in [-0.2, 0) is 22.2 Å². The average Bonchev–Trinajstić information content (AvgIpc) is 2.99. The number of halogens is 4. The summed E-state index contributed by atoms with van der Waals surface area (Å²) in [4.78, 5) is 2.13. The van der Waals surface area contributed by atoms with E-state index >= 15 is 0 Å². The standard InChI is InChI=1S/C23H26F4N2O3S/c1-22(30,23(25,26)27)17-6-4-16(5-7-17)20-10-3-15(11-21(20)24)12-28-13-18-8-9-19(14-28)29(18)33(2,31)32/h3-7,10-11,18-19,30H,8-9,12-14H2,1-2H3. The molecule has 3 atom stereocenters. The van der Waals surface area contributed by atoms with Crippen LogP contribution in [0.4, 0.5) is 17.6 Å². The van der Waals surface area contributed by atoms with Gasteiger partial charge >= 0.3 is 6.18 Å². The van der Waals surface area contributed by atoms with Crippen LogP contribution in [0.5, 0.6) is 0 Å². The number of aliphatic hydroxyl groups is 1. The van der Waals surface area contributed by atoms with E-state index in [9.17, 15) is 31.1 Å². The van der Waals surface area contributed by atoms with Crippen LogP contribution < -0.4 is 0 Å². The van der Waals surface area contributed by atoms with Crippen molar-refractivity contribution in [2.24, 2.45) is 0 Å². The lowest BCUT2D eigenvalue weighted by molar-refractivity contribution is -0.258. The maximum atomic E-state index is 14.9. The van der Waals surface area contributed by atoms with E-state index in [4.69, 9.17) is 0 Å². The molecule has 2 heterocycles. The predicted molar refractivity (Wildman–Crippen MR) is 116 cm³/mol. The van der Waals surface area contributed by atoms with Crippen molar-refractivity contribution >= 4 is 10.0 Å². The Morgan fingerprint density at radius 1 is 1.03 bits per heavy atom. The highest BCUT2D eigenvalue weighted by Crippen LogP contribution is 2.39. The van der Waals surface area contributed by atoms with E-state index in [2.05, 4.69) is 4.90 Å². The molecule has 2 aliphatic rings. The van der Waals surface area contributed by atoms with Crippen molar-refractivity contribution in [3.63, 3.8) is 0 Å². The molecule has 33 heavy (non-hydrogen) atoms. The van der Waals surface area contributed by atoms with Gasteiger partial charge in [0, 0.05) is 37.3 Å². The first kappa shape index (κ1) is 24.1. The summed E-state index contributed by atoms with van der Waals surface area (Å²) < 4.78 is 79.6. The van der Waals surface area contributed by atoms with Gasteiger partial charge in [0.1, 0.15) is 5.82 Å². The van der Waals surface area contributed by atoms with Gasteiger partial charge in [0.25, 0.3) is 0 Å². The Morgan fingerprint density at radius 3 is 2.09 bits per heavy atom. The predicted octanol–water partition coefficient (Wildman–Crippen LogP) is 3.87. The maximum Gasteiger partial charge on any atom is 0.421 e. The number of alkyl halides is 3. The van der Waals surface area contributed by atoms with Crippen molar-refractivity contribution in [2.45, 2.75) is 50.2 Å². The zero-order chi connectivity index (χ0) is 24.2. The van der Waals surface area contributed by atoms with Crippen LogP contribution >= 0.6 is 0 Å². The highest BCUT2D eigenvalue weighted by molar-refractivity contribution is 7.88. The monoisotopic (exact) mass is 486 g/mol. The normalized spacial score (nSPS) is 24.1. The van der Waals surface area contributed by atoms with Crippen LogP contribution in [0.15, 0.2) is 42.5 Å². The minimum atomic E-state index is -4.83. The molecule has 0 aromatic heterocycles. The summed E-state index contributed by atoms with van der Waals surface area (Å²) in [5.41, 5.74) is -1.92. The van der Waals surface area contributed by atoms with Crippen LogP contribution in [0, 0.1) is 5.82 Å². The van der Waals surface area contributed by atoms with Gasteiger partial charge < -0.3 is 5.11 Å². The Balaban J connectivity index is 1.47. The third-order valence-corrected chi connectivity index (χ3v) is 7.99. The molecule has 2 bridgehead atoms. The summed E-state index contributed by atoms with van der Waals surface area (Å²) in [6.45, 7) is 2.34. The molecule has 0 aliphatic carbocycles. The molecule has 5 nitrogen and oxygen atoms in total. The van der Waals surface area contributed by atoms with Gasteiger partial charge in [0.2, 0.25) is 10.0 Å². The molecule has 3 unspecified atom stereocenters. The van der Waals surface area contributed by atoms with E-state index in [0.29, 0.717) is 32.1 Å². The lowest BCUT2D eigenvalue weighted by Gasteiger charge is -2.39.